The minimum atomic E-state index is -0.166. The second-order valence-electron chi connectivity index (χ2n) is 3.35. The Bertz CT molecular complexity index is 518. The molecular weight excluding hydrogens is 196 g/mol. The summed E-state index contributed by atoms with van der Waals surface area (Å²) >= 11 is 0. The van der Waals surface area contributed by atoms with Crippen molar-refractivity contribution in [2.45, 2.75) is 0 Å². The summed E-state index contributed by atoms with van der Waals surface area (Å²) in [5.41, 5.74) is 1.25. The number of hydrogen-bond donors (Lipinski definition) is 1. The molecule has 6 nitrogen and oxygen atoms in total. The fourth-order valence-corrected chi connectivity index (χ4v) is 1.35. The number of amides is 1. The van der Waals surface area contributed by atoms with Crippen molar-refractivity contribution in [3.63, 3.8) is 0 Å². The van der Waals surface area contributed by atoms with Crippen molar-refractivity contribution in [1.29, 1.82) is 0 Å². The minimum absolute atomic E-state index is 0.166. The Balaban J connectivity index is 2.66. The zero-order valence-electron chi connectivity index (χ0n) is 8.38. The lowest BCUT2D eigenvalue weighted by atomic mass is 10.1. The van der Waals surface area contributed by atoms with E-state index in [-0.39, 0.29) is 5.91 Å². The van der Waals surface area contributed by atoms with Gasteiger partial charge in [0.05, 0.1) is 5.56 Å². The van der Waals surface area contributed by atoms with Crippen LogP contribution in [0.3, 0.4) is 0 Å². The molecule has 0 saturated heterocycles. The van der Waals surface area contributed by atoms with Crippen molar-refractivity contribution < 1.29 is 10.0 Å². The Labute approximate surface area is 85.7 Å². The molecule has 0 atom stereocenters. The van der Waals surface area contributed by atoms with Crippen molar-refractivity contribution in [2.75, 3.05) is 14.1 Å². The molecule has 1 aromatic heterocycles. The van der Waals surface area contributed by atoms with Gasteiger partial charge in [-0.15, -0.1) is 5.10 Å². The Morgan fingerprint density at radius 3 is 2.87 bits per heavy atom. The largest absolute Gasteiger partial charge is 0.410 e. The van der Waals surface area contributed by atoms with Gasteiger partial charge in [-0.25, -0.2) is 0 Å². The summed E-state index contributed by atoms with van der Waals surface area (Å²) in [4.78, 5) is 13.8. The second-order valence-corrected chi connectivity index (χ2v) is 3.35. The lowest BCUT2D eigenvalue weighted by Crippen LogP contribution is -2.21. The lowest BCUT2D eigenvalue weighted by molar-refractivity contribution is 0.0829. The maximum absolute atomic E-state index is 11.7. The van der Waals surface area contributed by atoms with Crippen LogP contribution in [0.1, 0.15) is 10.4 Å². The van der Waals surface area contributed by atoms with Crippen LogP contribution in [0.5, 0.6) is 0 Å². The SMILES string of the molecule is CN(C)C(=O)c1cccc2c1nnn2O. The van der Waals surface area contributed by atoms with Crippen LogP contribution >= 0.6 is 0 Å². The first kappa shape index (κ1) is 9.45. The average Bonchev–Trinajstić information content (AvgIpc) is 2.59. The van der Waals surface area contributed by atoms with Gasteiger partial charge in [0.15, 0.2) is 0 Å². The molecule has 1 amide bonds. The van der Waals surface area contributed by atoms with Gasteiger partial charge in [-0.05, 0) is 17.3 Å². The second kappa shape index (κ2) is 3.23. The molecule has 2 rings (SSSR count). The fraction of sp³-hybridized carbons (Fsp3) is 0.222. The highest BCUT2D eigenvalue weighted by Gasteiger charge is 2.15. The third kappa shape index (κ3) is 1.39. The summed E-state index contributed by atoms with van der Waals surface area (Å²) in [5, 5.41) is 16.5. The van der Waals surface area contributed by atoms with Crippen LogP contribution in [0.2, 0.25) is 0 Å². The molecule has 0 aliphatic heterocycles. The first-order valence-electron chi connectivity index (χ1n) is 4.36. The molecular formula is C9H10N4O2. The molecule has 0 saturated carbocycles. The number of nitrogens with zero attached hydrogens (tertiary/aromatic N) is 4. The van der Waals surface area contributed by atoms with Gasteiger partial charge >= 0.3 is 0 Å². The van der Waals surface area contributed by atoms with Crippen LogP contribution in [-0.2, 0) is 0 Å². The third-order valence-electron chi connectivity index (χ3n) is 2.10. The predicted octanol–water partition coefficient (Wildman–Crippen LogP) is 0.370. The average molecular weight is 206 g/mol. The summed E-state index contributed by atoms with van der Waals surface area (Å²) in [6.45, 7) is 0. The molecule has 6 heteroatoms. The van der Waals surface area contributed by atoms with E-state index in [0.29, 0.717) is 21.4 Å². The standard InChI is InChI=1S/C9H10N4O2/c1-12(2)9(14)6-4-3-5-7-8(6)10-11-13(7)15/h3-5,15H,1-2H3. The summed E-state index contributed by atoms with van der Waals surface area (Å²) < 4.78 is 0. The van der Waals surface area contributed by atoms with E-state index < -0.39 is 0 Å². The zero-order chi connectivity index (χ0) is 11.0. The molecule has 0 fully saturated rings. The van der Waals surface area contributed by atoms with E-state index in [4.69, 9.17) is 0 Å². The van der Waals surface area contributed by atoms with Crippen molar-refractivity contribution >= 4 is 16.9 Å². The number of hydrogen-bond acceptors (Lipinski definition) is 4. The molecule has 15 heavy (non-hydrogen) atoms. The lowest BCUT2D eigenvalue weighted by Gasteiger charge is -2.09. The summed E-state index contributed by atoms with van der Waals surface area (Å²) in [5.74, 6) is -0.166. The maximum Gasteiger partial charge on any atom is 0.255 e. The summed E-state index contributed by atoms with van der Waals surface area (Å²) in [7, 11) is 3.31. The predicted molar refractivity (Wildman–Crippen MR) is 52.7 cm³/mol. The van der Waals surface area contributed by atoms with E-state index in [1.165, 1.54) is 4.90 Å². The molecule has 1 heterocycles. The highest BCUT2D eigenvalue weighted by atomic mass is 16.5. The molecule has 78 valence electrons. The van der Waals surface area contributed by atoms with Crippen molar-refractivity contribution in [1.82, 2.24) is 20.1 Å². The molecule has 1 N–H and O–H groups in total. The molecule has 2 aromatic rings. The Kier molecular flexibility index (Phi) is 2.03. The number of carbonyl (C=O) groups excluding carboxylic acids is 1. The van der Waals surface area contributed by atoms with E-state index in [1.54, 1.807) is 32.3 Å². The van der Waals surface area contributed by atoms with E-state index >= 15 is 0 Å². The van der Waals surface area contributed by atoms with E-state index in [1.807, 2.05) is 0 Å². The van der Waals surface area contributed by atoms with Crippen molar-refractivity contribution in [2.24, 2.45) is 0 Å². The van der Waals surface area contributed by atoms with Crippen LogP contribution < -0.4 is 0 Å². The monoisotopic (exact) mass is 206 g/mol. The number of aromatic nitrogens is 3. The number of carbonyl (C=O) groups is 1. The van der Waals surface area contributed by atoms with Gasteiger partial charge in [0, 0.05) is 14.1 Å². The molecule has 0 unspecified atom stereocenters. The minimum Gasteiger partial charge on any atom is -0.410 e. The van der Waals surface area contributed by atoms with Gasteiger partial charge < -0.3 is 10.1 Å². The van der Waals surface area contributed by atoms with Gasteiger partial charge in [-0.1, -0.05) is 10.9 Å². The molecule has 0 spiro atoms. The van der Waals surface area contributed by atoms with E-state index in [2.05, 4.69) is 10.3 Å². The molecule has 0 aliphatic carbocycles. The molecule has 0 radical (unpaired) electrons. The summed E-state index contributed by atoms with van der Waals surface area (Å²) in [6.07, 6.45) is 0. The number of rotatable bonds is 1. The van der Waals surface area contributed by atoms with Crippen molar-refractivity contribution in [3.05, 3.63) is 23.8 Å². The first-order valence-corrected chi connectivity index (χ1v) is 4.36. The van der Waals surface area contributed by atoms with Crippen LogP contribution in [0.25, 0.3) is 11.0 Å². The third-order valence-corrected chi connectivity index (χ3v) is 2.10. The van der Waals surface area contributed by atoms with Gasteiger partial charge in [0.25, 0.3) is 5.91 Å². The van der Waals surface area contributed by atoms with Crippen LogP contribution in [0.15, 0.2) is 18.2 Å². The van der Waals surface area contributed by atoms with Gasteiger partial charge in [-0.2, -0.15) is 0 Å². The fourth-order valence-electron chi connectivity index (χ4n) is 1.35. The van der Waals surface area contributed by atoms with Crippen molar-refractivity contribution in [3.8, 4) is 0 Å². The Morgan fingerprint density at radius 1 is 1.47 bits per heavy atom. The van der Waals surface area contributed by atoms with E-state index in [9.17, 15) is 10.0 Å². The molecule has 0 bridgehead atoms. The zero-order valence-corrected chi connectivity index (χ0v) is 8.38. The van der Waals surface area contributed by atoms with Gasteiger partial charge in [-0.3, -0.25) is 4.79 Å². The quantitative estimate of drug-likeness (QED) is 0.684. The molecule has 1 aromatic carbocycles. The number of benzene rings is 1. The normalized spacial score (nSPS) is 10.5. The molecule has 0 aliphatic rings. The topological polar surface area (TPSA) is 71.2 Å². The first-order chi connectivity index (χ1) is 7.11. The maximum atomic E-state index is 11.7. The Hall–Kier alpha value is -2.11. The number of fused-ring (bicyclic) bond motifs is 1. The van der Waals surface area contributed by atoms with Crippen LogP contribution in [0, 0.1) is 0 Å². The highest BCUT2D eigenvalue weighted by Crippen LogP contribution is 2.15. The van der Waals surface area contributed by atoms with Gasteiger partial charge in [0.2, 0.25) is 0 Å². The van der Waals surface area contributed by atoms with Crippen LogP contribution in [0.4, 0.5) is 0 Å². The van der Waals surface area contributed by atoms with Crippen LogP contribution in [-0.4, -0.2) is 45.3 Å². The summed E-state index contributed by atoms with van der Waals surface area (Å²) in [6, 6.07) is 4.97. The Morgan fingerprint density at radius 2 is 2.20 bits per heavy atom. The van der Waals surface area contributed by atoms with Gasteiger partial charge in [0.1, 0.15) is 11.0 Å². The highest BCUT2D eigenvalue weighted by molar-refractivity contribution is 6.04. The smallest absolute Gasteiger partial charge is 0.255 e. The van der Waals surface area contributed by atoms with E-state index in [0.717, 1.165) is 0 Å².